The van der Waals surface area contributed by atoms with E-state index in [2.05, 4.69) is 10.6 Å². The molecule has 1 rings (SSSR count). The van der Waals surface area contributed by atoms with E-state index in [1.807, 2.05) is 14.0 Å². The normalized spacial score (nSPS) is 10.1. The molecule has 0 bridgehead atoms. The molecule has 0 saturated carbocycles. The van der Waals surface area contributed by atoms with E-state index in [1.165, 1.54) is 6.07 Å². The number of nitrogens with one attached hydrogen (secondary N) is 2. The Morgan fingerprint density at radius 1 is 1.39 bits per heavy atom. The van der Waals surface area contributed by atoms with Crippen LogP contribution in [0.4, 0.5) is 11.4 Å². The Bertz CT molecular complexity index is 396. The highest BCUT2D eigenvalue weighted by molar-refractivity contribution is 5.58. The van der Waals surface area contributed by atoms with Gasteiger partial charge in [-0.25, -0.2) is 0 Å². The Morgan fingerprint density at radius 3 is 2.78 bits per heavy atom. The van der Waals surface area contributed by atoms with Crippen LogP contribution in [-0.2, 0) is 0 Å². The number of hydrogen-bond donors (Lipinski definition) is 2. The summed E-state index contributed by atoms with van der Waals surface area (Å²) in [5, 5.41) is 17.0. The van der Waals surface area contributed by atoms with E-state index in [4.69, 9.17) is 4.74 Å². The molecule has 6 nitrogen and oxygen atoms in total. The first kappa shape index (κ1) is 14.2. The second-order valence-electron chi connectivity index (χ2n) is 3.82. The lowest BCUT2D eigenvalue weighted by Gasteiger charge is -2.09. The third kappa shape index (κ3) is 4.21. The average molecular weight is 253 g/mol. The van der Waals surface area contributed by atoms with Crippen molar-refractivity contribution in [2.75, 3.05) is 32.1 Å². The number of benzene rings is 1. The summed E-state index contributed by atoms with van der Waals surface area (Å²) >= 11 is 0. The van der Waals surface area contributed by atoms with Crippen molar-refractivity contribution in [1.82, 2.24) is 5.32 Å². The number of rotatable bonds is 8. The fourth-order valence-electron chi connectivity index (χ4n) is 1.43. The molecule has 2 N–H and O–H groups in total. The van der Waals surface area contributed by atoms with Crippen LogP contribution in [0.15, 0.2) is 18.2 Å². The highest BCUT2D eigenvalue weighted by Gasteiger charge is 2.15. The summed E-state index contributed by atoms with van der Waals surface area (Å²) in [5.74, 6) is 0.316. The Kier molecular flexibility index (Phi) is 5.93. The van der Waals surface area contributed by atoms with Gasteiger partial charge in [-0.15, -0.1) is 0 Å². The van der Waals surface area contributed by atoms with Crippen LogP contribution in [-0.4, -0.2) is 31.7 Å². The maximum absolute atomic E-state index is 10.9. The zero-order valence-corrected chi connectivity index (χ0v) is 10.7. The first-order valence-electron chi connectivity index (χ1n) is 5.98. The molecule has 0 aliphatic heterocycles. The van der Waals surface area contributed by atoms with E-state index in [0.717, 1.165) is 25.2 Å². The highest BCUT2D eigenvalue weighted by atomic mass is 16.6. The van der Waals surface area contributed by atoms with E-state index in [0.29, 0.717) is 12.4 Å². The number of likely N-dealkylation sites (N-methyl/N-ethyl adjacent to an activating group) is 1. The van der Waals surface area contributed by atoms with E-state index in [1.54, 1.807) is 12.1 Å². The van der Waals surface area contributed by atoms with Crippen molar-refractivity contribution in [2.45, 2.75) is 13.3 Å². The quantitative estimate of drug-likeness (QED) is 0.421. The number of nitro groups is 1. The van der Waals surface area contributed by atoms with Crippen molar-refractivity contribution in [3.05, 3.63) is 28.3 Å². The van der Waals surface area contributed by atoms with Crippen LogP contribution in [0, 0.1) is 10.1 Å². The molecular weight excluding hydrogens is 234 g/mol. The molecule has 1 aromatic carbocycles. The zero-order chi connectivity index (χ0) is 13.4. The minimum Gasteiger partial charge on any atom is -0.487 e. The minimum absolute atomic E-state index is 0.00242. The van der Waals surface area contributed by atoms with E-state index < -0.39 is 4.92 Å². The van der Waals surface area contributed by atoms with Crippen LogP contribution in [0.3, 0.4) is 0 Å². The zero-order valence-electron chi connectivity index (χ0n) is 10.7. The lowest BCUT2D eigenvalue weighted by molar-refractivity contribution is -0.385. The second kappa shape index (κ2) is 7.50. The maximum Gasteiger partial charge on any atom is 0.311 e. The van der Waals surface area contributed by atoms with Gasteiger partial charge in [-0.1, -0.05) is 6.92 Å². The van der Waals surface area contributed by atoms with Crippen molar-refractivity contribution in [3.8, 4) is 5.75 Å². The molecule has 0 atom stereocenters. The minimum atomic E-state index is -0.428. The smallest absolute Gasteiger partial charge is 0.311 e. The maximum atomic E-state index is 10.9. The van der Waals surface area contributed by atoms with Crippen molar-refractivity contribution in [2.24, 2.45) is 0 Å². The molecule has 0 fully saturated rings. The molecule has 100 valence electrons. The second-order valence-corrected chi connectivity index (χ2v) is 3.82. The monoisotopic (exact) mass is 253 g/mol. The summed E-state index contributed by atoms with van der Waals surface area (Å²) in [6.45, 7) is 4.01. The van der Waals surface area contributed by atoms with Crippen LogP contribution in [0.25, 0.3) is 0 Å². The molecule has 0 aliphatic carbocycles. The third-order valence-electron chi connectivity index (χ3n) is 2.32. The Hall–Kier alpha value is -1.82. The molecule has 0 aromatic heterocycles. The Labute approximate surface area is 106 Å². The number of ether oxygens (including phenoxy) is 1. The number of hydrogen-bond acceptors (Lipinski definition) is 5. The van der Waals surface area contributed by atoms with Gasteiger partial charge in [-0.05, 0) is 19.5 Å². The number of nitro benzene ring substituents is 1. The first-order chi connectivity index (χ1) is 8.69. The van der Waals surface area contributed by atoms with Crippen LogP contribution >= 0.6 is 0 Å². The summed E-state index contributed by atoms with van der Waals surface area (Å²) in [7, 11) is 1.87. The van der Waals surface area contributed by atoms with E-state index >= 15 is 0 Å². The Morgan fingerprint density at radius 2 is 2.17 bits per heavy atom. The highest BCUT2D eigenvalue weighted by Crippen LogP contribution is 2.30. The van der Waals surface area contributed by atoms with E-state index in [-0.39, 0.29) is 5.69 Å². The molecule has 0 unspecified atom stereocenters. The molecule has 6 heteroatoms. The molecule has 0 radical (unpaired) electrons. The van der Waals surface area contributed by atoms with Crippen LogP contribution in [0.2, 0.25) is 0 Å². The molecule has 0 saturated heterocycles. The van der Waals surface area contributed by atoms with Crippen molar-refractivity contribution < 1.29 is 9.66 Å². The summed E-state index contributed by atoms with van der Waals surface area (Å²) in [6, 6.07) is 4.82. The molecule has 0 spiro atoms. The van der Waals surface area contributed by atoms with Crippen LogP contribution in [0.5, 0.6) is 5.75 Å². The Balaban J connectivity index is 2.80. The van der Waals surface area contributed by atoms with Gasteiger partial charge in [0.25, 0.3) is 0 Å². The first-order valence-corrected chi connectivity index (χ1v) is 5.98. The molecule has 1 aromatic rings. The van der Waals surface area contributed by atoms with Crippen LogP contribution in [0.1, 0.15) is 13.3 Å². The van der Waals surface area contributed by atoms with Gasteiger partial charge in [0.1, 0.15) is 0 Å². The van der Waals surface area contributed by atoms with Gasteiger partial charge in [0, 0.05) is 30.9 Å². The predicted molar refractivity (Wildman–Crippen MR) is 71.3 cm³/mol. The molecule has 18 heavy (non-hydrogen) atoms. The molecule has 0 amide bonds. The standard InChI is InChI=1S/C12H19N3O3/c1-3-8-18-12-9-10(14-7-6-13-2)4-5-11(12)15(16)17/h4-5,9,13-14H,3,6-8H2,1-2H3. The van der Waals surface area contributed by atoms with Gasteiger partial charge < -0.3 is 15.4 Å². The van der Waals surface area contributed by atoms with Gasteiger partial charge in [0.15, 0.2) is 5.75 Å². The summed E-state index contributed by atoms with van der Waals surface area (Å²) in [6.07, 6.45) is 0.814. The lowest BCUT2D eigenvalue weighted by atomic mass is 10.2. The van der Waals surface area contributed by atoms with Gasteiger partial charge >= 0.3 is 5.69 Å². The largest absolute Gasteiger partial charge is 0.487 e. The topological polar surface area (TPSA) is 76.4 Å². The van der Waals surface area contributed by atoms with Crippen molar-refractivity contribution >= 4 is 11.4 Å². The fourth-order valence-corrected chi connectivity index (χ4v) is 1.43. The SMILES string of the molecule is CCCOc1cc(NCCNC)ccc1[N+](=O)[O-]. The average Bonchev–Trinajstić information content (AvgIpc) is 2.36. The number of nitrogens with zero attached hydrogens (tertiary/aromatic N) is 1. The molecule has 0 heterocycles. The van der Waals surface area contributed by atoms with Crippen molar-refractivity contribution in [3.63, 3.8) is 0 Å². The van der Waals surface area contributed by atoms with Crippen LogP contribution < -0.4 is 15.4 Å². The van der Waals surface area contributed by atoms with E-state index in [9.17, 15) is 10.1 Å². The lowest BCUT2D eigenvalue weighted by Crippen LogP contribution is -2.17. The fraction of sp³-hybridized carbons (Fsp3) is 0.500. The molecule has 0 aliphatic rings. The summed E-state index contributed by atoms with van der Waals surface area (Å²) in [5.41, 5.74) is 0.824. The summed E-state index contributed by atoms with van der Waals surface area (Å²) < 4.78 is 5.40. The van der Waals surface area contributed by atoms with Crippen molar-refractivity contribution in [1.29, 1.82) is 0 Å². The van der Waals surface area contributed by atoms with Gasteiger partial charge in [-0.3, -0.25) is 10.1 Å². The molecular formula is C12H19N3O3. The summed E-state index contributed by atoms with van der Waals surface area (Å²) in [4.78, 5) is 10.4. The number of anilines is 1. The predicted octanol–water partition coefficient (Wildman–Crippen LogP) is 2.01. The van der Waals surface area contributed by atoms with Gasteiger partial charge in [-0.2, -0.15) is 0 Å². The van der Waals surface area contributed by atoms with Gasteiger partial charge in [0.2, 0.25) is 0 Å². The van der Waals surface area contributed by atoms with Gasteiger partial charge in [0.05, 0.1) is 11.5 Å². The third-order valence-corrected chi connectivity index (χ3v) is 2.32.